The maximum atomic E-state index is 11.4. The van der Waals surface area contributed by atoms with Gasteiger partial charge in [0.15, 0.2) is 0 Å². The molecule has 0 radical (unpaired) electrons. The SMILES string of the molecule is CC(=O)Oc1c(C)cc(OC[C@H](CN(C(C)C)C(C)(C)C)OC(C)(C)C)c(C)c1C. The second-order valence-electron chi connectivity index (χ2n) is 10.4. The summed E-state index contributed by atoms with van der Waals surface area (Å²) in [7, 11) is 0. The summed E-state index contributed by atoms with van der Waals surface area (Å²) < 4.78 is 18.0. The molecule has 0 bridgehead atoms. The van der Waals surface area contributed by atoms with Crippen LogP contribution in [0.5, 0.6) is 11.5 Å². The van der Waals surface area contributed by atoms with E-state index in [0.29, 0.717) is 18.4 Å². The lowest BCUT2D eigenvalue weighted by molar-refractivity contribution is -0.131. The van der Waals surface area contributed by atoms with Crippen molar-refractivity contribution in [1.29, 1.82) is 0 Å². The van der Waals surface area contributed by atoms with Crippen molar-refractivity contribution in [2.24, 2.45) is 0 Å². The van der Waals surface area contributed by atoms with Crippen molar-refractivity contribution >= 4 is 5.97 Å². The van der Waals surface area contributed by atoms with E-state index in [1.807, 2.05) is 26.8 Å². The van der Waals surface area contributed by atoms with Crippen LogP contribution >= 0.6 is 0 Å². The maximum absolute atomic E-state index is 11.4. The number of nitrogens with zero attached hydrogens (tertiary/aromatic N) is 1. The molecule has 30 heavy (non-hydrogen) atoms. The number of aryl methyl sites for hydroxylation is 1. The number of hydrogen-bond acceptors (Lipinski definition) is 5. The van der Waals surface area contributed by atoms with Gasteiger partial charge >= 0.3 is 5.97 Å². The van der Waals surface area contributed by atoms with E-state index < -0.39 is 0 Å². The normalized spacial score (nSPS) is 13.7. The van der Waals surface area contributed by atoms with E-state index in [0.717, 1.165) is 29.0 Å². The zero-order valence-electron chi connectivity index (χ0n) is 21.2. The van der Waals surface area contributed by atoms with Crippen LogP contribution in [0.3, 0.4) is 0 Å². The lowest BCUT2D eigenvalue weighted by atomic mass is 10.0. The molecule has 0 aliphatic heterocycles. The van der Waals surface area contributed by atoms with E-state index in [1.165, 1.54) is 6.92 Å². The van der Waals surface area contributed by atoms with Gasteiger partial charge in [0.25, 0.3) is 0 Å². The Kier molecular flexibility index (Phi) is 8.94. The predicted octanol–water partition coefficient (Wildman–Crippen LogP) is 5.61. The van der Waals surface area contributed by atoms with Gasteiger partial charge in [0, 0.05) is 25.0 Å². The van der Waals surface area contributed by atoms with Crippen LogP contribution in [0, 0.1) is 20.8 Å². The summed E-state index contributed by atoms with van der Waals surface area (Å²) >= 11 is 0. The summed E-state index contributed by atoms with van der Waals surface area (Å²) in [5, 5.41) is 0. The number of hydrogen-bond donors (Lipinski definition) is 0. The minimum atomic E-state index is -0.316. The molecule has 0 aromatic heterocycles. The van der Waals surface area contributed by atoms with E-state index in [9.17, 15) is 4.79 Å². The van der Waals surface area contributed by atoms with Gasteiger partial charge in [-0.2, -0.15) is 0 Å². The highest BCUT2D eigenvalue weighted by Gasteiger charge is 2.30. The molecule has 5 nitrogen and oxygen atoms in total. The van der Waals surface area contributed by atoms with Crippen molar-refractivity contribution in [2.45, 2.75) is 106 Å². The van der Waals surface area contributed by atoms with Gasteiger partial charge in [-0.25, -0.2) is 0 Å². The first-order chi connectivity index (χ1) is 13.5. The van der Waals surface area contributed by atoms with Crippen LogP contribution in [0.2, 0.25) is 0 Å². The Hall–Kier alpha value is -1.59. The molecule has 0 amide bonds. The van der Waals surface area contributed by atoms with Gasteiger partial charge in [0.05, 0.1) is 5.60 Å². The van der Waals surface area contributed by atoms with E-state index in [2.05, 4.69) is 60.3 Å². The third-order valence-corrected chi connectivity index (χ3v) is 5.05. The molecule has 0 aliphatic carbocycles. The van der Waals surface area contributed by atoms with Crippen molar-refractivity contribution in [2.75, 3.05) is 13.2 Å². The average molecular weight is 422 g/mol. The molecule has 1 atom stereocenters. The zero-order valence-corrected chi connectivity index (χ0v) is 21.2. The Morgan fingerprint density at radius 2 is 1.60 bits per heavy atom. The average Bonchev–Trinajstić information content (AvgIpc) is 2.55. The van der Waals surface area contributed by atoms with Gasteiger partial charge < -0.3 is 14.2 Å². The Morgan fingerprint density at radius 1 is 1.03 bits per heavy atom. The van der Waals surface area contributed by atoms with E-state index in [1.54, 1.807) is 0 Å². The molecule has 0 saturated carbocycles. The molecule has 0 saturated heterocycles. The molecular formula is C25H43NO4. The first-order valence-electron chi connectivity index (χ1n) is 10.9. The Balaban J connectivity index is 3.10. The Bertz CT molecular complexity index is 726. The molecule has 1 rings (SSSR count). The molecule has 1 aromatic carbocycles. The van der Waals surface area contributed by atoms with E-state index in [4.69, 9.17) is 14.2 Å². The van der Waals surface area contributed by atoms with Gasteiger partial charge in [0.2, 0.25) is 0 Å². The molecule has 0 unspecified atom stereocenters. The molecule has 5 heteroatoms. The first-order valence-corrected chi connectivity index (χ1v) is 10.9. The topological polar surface area (TPSA) is 48.0 Å². The monoisotopic (exact) mass is 421 g/mol. The lowest BCUT2D eigenvalue weighted by Crippen LogP contribution is -2.51. The molecule has 0 heterocycles. The number of rotatable bonds is 8. The number of carbonyl (C=O) groups excluding carboxylic acids is 1. The molecular weight excluding hydrogens is 378 g/mol. The quantitative estimate of drug-likeness (QED) is 0.403. The summed E-state index contributed by atoms with van der Waals surface area (Å²) in [5.41, 5.74) is 2.54. The molecule has 172 valence electrons. The smallest absolute Gasteiger partial charge is 0.308 e. The van der Waals surface area contributed by atoms with Crippen molar-refractivity contribution in [3.05, 3.63) is 22.8 Å². The van der Waals surface area contributed by atoms with Crippen LogP contribution < -0.4 is 9.47 Å². The summed E-state index contributed by atoms with van der Waals surface area (Å²) in [6, 6.07) is 2.34. The van der Waals surface area contributed by atoms with Gasteiger partial charge in [-0.05, 0) is 98.9 Å². The largest absolute Gasteiger partial charge is 0.491 e. The summed E-state index contributed by atoms with van der Waals surface area (Å²) in [6.07, 6.45) is -0.0835. The Morgan fingerprint density at radius 3 is 2.03 bits per heavy atom. The summed E-state index contributed by atoms with van der Waals surface area (Å²) in [6.45, 7) is 25.9. The third kappa shape index (κ3) is 7.92. The fourth-order valence-corrected chi connectivity index (χ4v) is 3.76. The first kappa shape index (κ1) is 26.4. The van der Waals surface area contributed by atoms with Crippen molar-refractivity contribution in [3.63, 3.8) is 0 Å². The zero-order chi connectivity index (χ0) is 23.4. The van der Waals surface area contributed by atoms with Gasteiger partial charge in [-0.1, -0.05) is 0 Å². The Labute approximate surface area is 184 Å². The number of benzene rings is 1. The van der Waals surface area contributed by atoms with Gasteiger partial charge in [0.1, 0.15) is 24.2 Å². The van der Waals surface area contributed by atoms with Crippen LogP contribution in [-0.2, 0) is 9.53 Å². The molecule has 0 N–H and O–H groups in total. The highest BCUT2D eigenvalue weighted by atomic mass is 16.5. The highest BCUT2D eigenvalue weighted by molar-refractivity contribution is 5.71. The van der Waals surface area contributed by atoms with Crippen LogP contribution in [-0.4, -0.2) is 47.3 Å². The van der Waals surface area contributed by atoms with Crippen LogP contribution in [0.15, 0.2) is 6.07 Å². The second-order valence-corrected chi connectivity index (χ2v) is 10.4. The number of carbonyl (C=O) groups is 1. The molecule has 0 spiro atoms. The minimum Gasteiger partial charge on any atom is -0.491 e. The fourth-order valence-electron chi connectivity index (χ4n) is 3.76. The number of ether oxygens (including phenoxy) is 3. The van der Waals surface area contributed by atoms with Crippen LogP contribution in [0.1, 0.15) is 79.0 Å². The molecule has 0 aliphatic rings. The number of esters is 1. The van der Waals surface area contributed by atoms with Gasteiger partial charge in [-0.15, -0.1) is 0 Å². The van der Waals surface area contributed by atoms with Crippen LogP contribution in [0.25, 0.3) is 0 Å². The summed E-state index contributed by atoms with van der Waals surface area (Å²) in [4.78, 5) is 13.9. The summed E-state index contributed by atoms with van der Waals surface area (Å²) in [5.74, 6) is 1.10. The molecule has 0 fully saturated rings. The van der Waals surface area contributed by atoms with Crippen LogP contribution in [0.4, 0.5) is 0 Å². The van der Waals surface area contributed by atoms with Crippen molar-refractivity contribution < 1.29 is 19.0 Å². The third-order valence-electron chi connectivity index (χ3n) is 5.05. The lowest BCUT2D eigenvalue weighted by Gasteiger charge is -2.42. The van der Waals surface area contributed by atoms with E-state index in [-0.39, 0.29) is 23.2 Å². The second kappa shape index (κ2) is 10.1. The highest BCUT2D eigenvalue weighted by Crippen LogP contribution is 2.33. The van der Waals surface area contributed by atoms with Crippen molar-refractivity contribution in [1.82, 2.24) is 4.90 Å². The van der Waals surface area contributed by atoms with Crippen molar-refractivity contribution in [3.8, 4) is 11.5 Å². The maximum Gasteiger partial charge on any atom is 0.308 e. The fraction of sp³-hybridized carbons (Fsp3) is 0.720. The minimum absolute atomic E-state index is 0.0302. The van der Waals surface area contributed by atoms with Gasteiger partial charge in [-0.3, -0.25) is 9.69 Å². The predicted molar refractivity (Wildman–Crippen MR) is 124 cm³/mol. The standard InChI is InChI=1S/C25H43NO4/c1-16(2)26(24(7,8)9)14-21(30-25(10,11)12)15-28-22-13-17(3)23(29-20(6)27)19(5)18(22)4/h13,16,21H,14-15H2,1-12H3/t21-/m0/s1. The van der Waals surface area contributed by atoms with E-state index >= 15 is 0 Å². The molecule has 1 aromatic rings.